The summed E-state index contributed by atoms with van der Waals surface area (Å²) in [5, 5.41) is 3.29. The molecule has 0 spiro atoms. The van der Waals surface area contributed by atoms with Crippen LogP contribution >= 0.6 is 11.6 Å². The number of aryl methyl sites for hydroxylation is 2. The van der Waals surface area contributed by atoms with Gasteiger partial charge in [-0.3, -0.25) is 9.59 Å². The van der Waals surface area contributed by atoms with E-state index in [2.05, 4.69) is 5.32 Å². The SMILES string of the molecule is Cc1ccc(NC(=O)c2ccn(C)c(=O)c2)cc1Cl. The summed E-state index contributed by atoms with van der Waals surface area (Å²) in [6.07, 6.45) is 1.55. The Morgan fingerprint density at radius 1 is 1.26 bits per heavy atom. The molecule has 1 N–H and O–H groups in total. The highest BCUT2D eigenvalue weighted by molar-refractivity contribution is 6.31. The fraction of sp³-hybridized carbons (Fsp3) is 0.143. The number of nitrogens with one attached hydrogen (secondary N) is 1. The Labute approximate surface area is 115 Å². The normalized spacial score (nSPS) is 10.3. The average Bonchev–Trinajstić information content (AvgIpc) is 2.37. The maximum absolute atomic E-state index is 12.0. The molecule has 2 rings (SSSR count). The predicted octanol–water partition coefficient (Wildman–Crippen LogP) is 2.60. The lowest BCUT2D eigenvalue weighted by Crippen LogP contribution is -2.19. The van der Waals surface area contributed by atoms with Gasteiger partial charge in [0.15, 0.2) is 0 Å². The summed E-state index contributed by atoms with van der Waals surface area (Å²) in [7, 11) is 1.63. The predicted molar refractivity (Wildman–Crippen MR) is 75.8 cm³/mol. The van der Waals surface area contributed by atoms with E-state index in [1.807, 2.05) is 13.0 Å². The van der Waals surface area contributed by atoms with Gasteiger partial charge in [0.1, 0.15) is 0 Å². The van der Waals surface area contributed by atoms with E-state index in [0.29, 0.717) is 16.3 Å². The van der Waals surface area contributed by atoms with Gasteiger partial charge in [-0.1, -0.05) is 17.7 Å². The third-order valence-electron chi connectivity index (χ3n) is 2.80. The molecule has 0 atom stereocenters. The maximum atomic E-state index is 12.0. The van der Waals surface area contributed by atoms with Gasteiger partial charge in [-0.2, -0.15) is 0 Å². The van der Waals surface area contributed by atoms with E-state index in [9.17, 15) is 9.59 Å². The molecule has 5 heteroatoms. The molecule has 0 aliphatic heterocycles. The van der Waals surface area contributed by atoms with Crippen molar-refractivity contribution < 1.29 is 4.79 Å². The van der Waals surface area contributed by atoms with E-state index in [0.717, 1.165) is 5.56 Å². The molecule has 19 heavy (non-hydrogen) atoms. The molecule has 0 bridgehead atoms. The van der Waals surface area contributed by atoms with E-state index in [-0.39, 0.29) is 11.5 Å². The molecule has 4 nitrogen and oxygen atoms in total. The highest BCUT2D eigenvalue weighted by Gasteiger charge is 2.08. The third kappa shape index (κ3) is 3.03. The number of hydrogen-bond donors (Lipinski definition) is 1. The first kappa shape index (κ1) is 13.4. The molecule has 0 saturated carbocycles. The van der Waals surface area contributed by atoms with Gasteiger partial charge in [-0.05, 0) is 30.7 Å². The van der Waals surface area contributed by atoms with Crippen LogP contribution in [0, 0.1) is 6.92 Å². The van der Waals surface area contributed by atoms with E-state index < -0.39 is 0 Å². The molecule has 1 aromatic heterocycles. The minimum atomic E-state index is -0.336. The molecule has 0 aliphatic carbocycles. The van der Waals surface area contributed by atoms with Crippen LogP contribution in [0.2, 0.25) is 5.02 Å². The first-order valence-electron chi connectivity index (χ1n) is 5.71. The zero-order chi connectivity index (χ0) is 14.0. The van der Waals surface area contributed by atoms with Crippen molar-refractivity contribution in [3.8, 4) is 0 Å². The number of nitrogens with zero attached hydrogens (tertiary/aromatic N) is 1. The topological polar surface area (TPSA) is 51.1 Å². The number of rotatable bonds is 2. The zero-order valence-corrected chi connectivity index (χ0v) is 11.4. The third-order valence-corrected chi connectivity index (χ3v) is 3.20. The van der Waals surface area contributed by atoms with Gasteiger partial charge in [-0.15, -0.1) is 0 Å². The van der Waals surface area contributed by atoms with Crippen molar-refractivity contribution >= 4 is 23.2 Å². The minimum absolute atomic E-state index is 0.227. The number of benzene rings is 1. The lowest BCUT2D eigenvalue weighted by atomic mass is 10.2. The monoisotopic (exact) mass is 276 g/mol. The molecule has 0 unspecified atom stereocenters. The summed E-state index contributed by atoms with van der Waals surface area (Å²) < 4.78 is 1.40. The van der Waals surface area contributed by atoms with Crippen molar-refractivity contribution in [2.75, 3.05) is 5.32 Å². The van der Waals surface area contributed by atoms with Gasteiger partial charge in [0, 0.05) is 35.6 Å². The molecule has 1 aromatic carbocycles. The molecular weight excluding hydrogens is 264 g/mol. The van der Waals surface area contributed by atoms with Gasteiger partial charge in [0.05, 0.1) is 0 Å². The fourth-order valence-electron chi connectivity index (χ4n) is 1.56. The average molecular weight is 277 g/mol. The summed E-state index contributed by atoms with van der Waals surface area (Å²) in [6, 6.07) is 8.15. The number of carbonyl (C=O) groups excluding carboxylic acids is 1. The molecule has 1 amide bonds. The second kappa shape index (κ2) is 5.28. The lowest BCUT2D eigenvalue weighted by Gasteiger charge is -2.07. The lowest BCUT2D eigenvalue weighted by molar-refractivity contribution is 0.102. The van der Waals surface area contributed by atoms with Crippen LogP contribution in [0.5, 0.6) is 0 Å². The number of anilines is 1. The van der Waals surface area contributed by atoms with Gasteiger partial charge >= 0.3 is 0 Å². The molecule has 98 valence electrons. The maximum Gasteiger partial charge on any atom is 0.255 e. The standard InChI is InChI=1S/C14H13ClN2O2/c1-9-3-4-11(8-12(9)15)16-14(19)10-5-6-17(2)13(18)7-10/h3-8H,1-2H3,(H,16,19). The van der Waals surface area contributed by atoms with E-state index >= 15 is 0 Å². The van der Waals surface area contributed by atoms with Crippen LogP contribution in [0.15, 0.2) is 41.3 Å². The van der Waals surface area contributed by atoms with E-state index in [1.54, 1.807) is 31.4 Å². The Hall–Kier alpha value is -2.07. The summed E-state index contributed by atoms with van der Waals surface area (Å²) in [5.41, 5.74) is 1.63. The Balaban J connectivity index is 2.23. The number of pyridine rings is 1. The molecule has 0 aliphatic rings. The van der Waals surface area contributed by atoms with Gasteiger partial charge in [0.2, 0.25) is 0 Å². The molecule has 0 fully saturated rings. The van der Waals surface area contributed by atoms with Crippen molar-refractivity contribution in [2.24, 2.45) is 7.05 Å². The summed E-state index contributed by atoms with van der Waals surface area (Å²) in [4.78, 5) is 23.4. The highest BCUT2D eigenvalue weighted by Crippen LogP contribution is 2.20. The van der Waals surface area contributed by atoms with E-state index in [1.165, 1.54) is 10.6 Å². The van der Waals surface area contributed by atoms with Crippen LogP contribution < -0.4 is 10.9 Å². The molecule has 0 saturated heterocycles. The van der Waals surface area contributed by atoms with E-state index in [4.69, 9.17) is 11.6 Å². The largest absolute Gasteiger partial charge is 0.322 e. The Morgan fingerprint density at radius 2 is 2.00 bits per heavy atom. The van der Waals surface area contributed by atoms with Gasteiger partial charge < -0.3 is 9.88 Å². The van der Waals surface area contributed by atoms with Crippen molar-refractivity contribution in [1.82, 2.24) is 4.57 Å². The second-order valence-electron chi connectivity index (χ2n) is 4.28. The molecule has 0 radical (unpaired) electrons. The number of amides is 1. The van der Waals surface area contributed by atoms with Crippen LogP contribution in [0.25, 0.3) is 0 Å². The Morgan fingerprint density at radius 3 is 2.63 bits per heavy atom. The smallest absolute Gasteiger partial charge is 0.255 e. The number of halogens is 1. The van der Waals surface area contributed by atoms with Crippen molar-refractivity contribution in [1.29, 1.82) is 0 Å². The highest BCUT2D eigenvalue weighted by atomic mass is 35.5. The first-order valence-corrected chi connectivity index (χ1v) is 6.09. The second-order valence-corrected chi connectivity index (χ2v) is 4.69. The van der Waals surface area contributed by atoms with Crippen LogP contribution in [0.4, 0.5) is 5.69 Å². The summed E-state index contributed by atoms with van der Waals surface area (Å²) in [6.45, 7) is 1.88. The van der Waals surface area contributed by atoms with Crippen molar-refractivity contribution in [3.05, 3.63) is 63.0 Å². The molecule has 2 aromatic rings. The van der Waals surface area contributed by atoms with Gasteiger partial charge in [0.25, 0.3) is 11.5 Å². The molecular formula is C14H13ClN2O2. The van der Waals surface area contributed by atoms with Crippen LogP contribution in [0.1, 0.15) is 15.9 Å². The minimum Gasteiger partial charge on any atom is -0.322 e. The first-order chi connectivity index (χ1) is 8.97. The number of hydrogen-bond acceptors (Lipinski definition) is 2. The number of carbonyl (C=O) groups is 1. The van der Waals surface area contributed by atoms with Crippen LogP contribution in [-0.4, -0.2) is 10.5 Å². The zero-order valence-electron chi connectivity index (χ0n) is 10.6. The quantitative estimate of drug-likeness (QED) is 0.917. The summed E-state index contributed by atoms with van der Waals surface area (Å²) in [5.74, 6) is -0.336. The fourth-order valence-corrected chi connectivity index (χ4v) is 1.74. The van der Waals surface area contributed by atoms with Crippen LogP contribution in [0.3, 0.4) is 0 Å². The molecule has 1 heterocycles. The Kier molecular flexibility index (Phi) is 3.71. The van der Waals surface area contributed by atoms with Crippen molar-refractivity contribution in [2.45, 2.75) is 6.92 Å². The Bertz CT molecular complexity index is 692. The van der Waals surface area contributed by atoms with Gasteiger partial charge in [-0.25, -0.2) is 0 Å². The van der Waals surface area contributed by atoms with Crippen LogP contribution in [-0.2, 0) is 7.05 Å². The summed E-state index contributed by atoms with van der Waals surface area (Å²) >= 11 is 5.98. The van der Waals surface area contributed by atoms with Crippen molar-refractivity contribution in [3.63, 3.8) is 0 Å². The number of aromatic nitrogens is 1.